The summed E-state index contributed by atoms with van der Waals surface area (Å²) < 4.78 is 19.5. The van der Waals surface area contributed by atoms with Crippen molar-refractivity contribution in [2.75, 3.05) is 44.3 Å². The van der Waals surface area contributed by atoms with E-state index in [1.807, 2.05) is 34.1 Å². The second-order valence-corrected chi connectivity index (χ2v) is 6.77. The molecule has 2 aromatic rings. The van der Waals surface area contributed by atoms with Crippen LogP contribution in [0.5, 0.6) is 0 Å². The van der Waals surface area contributed by atoms with Crippen LogP contribution >= 0.6 is 0 Å². The molecule has 1 amide bonds. The van der Waals surface area contributed by atoms with Crippen LogP contribution in [0.3, 0.4) is 0 Å². The fourth-order valence-corrected chi connectivity index (χ4v) is 3.33. The zero-order valence-corrected chi connectivity index (χ0v) is 15.6. The second kappa shape index (κ2) is 10.1. The van der Waals surface area contributed by atoms with E-state index in [0.717, 1.165) is 12.8 Å². The molecule has 1 aliphatic heterocycles. The second-order valence-electron chi connectivity index (χ2n) is 6.77. The molecule has 0 bridgehead atoms. The van der Waals surface area contributed by atoms with Crippen molar-refractivity contribution in [3.05, 3.63) is 66.0 Å². The molecule has 27 heavy (non-hydrogen) atoms. The summed E-state index contributed by atoms with van der Waals surface area (Å²) >= 11 is 0. The first-order valence-corrected chi connectivity index (χ1v) is 9.63. The Hall–Kier alpha value is -2.40. The van der Waals surface area contributed by atoms with Crippen molar-refractivity contribution in [2.45, 2.75) is 19.3 Å². The van der Waals surface area contributed by atoms with Crippen molar-refractivity contribution < 1.29 is 13.9 Å². The summed E-state index contributed by atoms with van der Waals surface area (Å²) in [5, 5.41) is 0. The number of hydrogen-bond acceptors (Lipinski definition) is 3. The SMILES string of the molecule is O=C(CCCOCCc1ccccc1)N1CCN(c2ccccc2F)CC1. The van der Waals surface area contributed by atoms with Crippen LogP contribution in [-0.2, 0) is 16.0 Å². The van der Waals surface area contributed by atoms with Crippen molar-refractivity contribution in [3.8, 4) is 0 Å². The third kappa shape index (κ3) is 5.79. The van der Waals surface area contributed by atoms with Crippen LogP contribution in [0.1, 0.15) is 18.4 Å². The molecule has 0 aromatic heterocycles. The molecule has 1 aliphatic rings. The number of piperazine rings is 1. The summed E-state index contributed by atoms with van der Waals surface area (Å²) in [6.45, 7) is 3.90. The normalized spacial score (nSPS) is 14.4. The number of para-hydroxylation sites is 1. The van der Waals surface area contributed by atoms with Crippen LogP contribution in [0.15, 0.2) is 54.6 Å². The van der Waals surface area contributed by atoms with Gasteiger partial charge in [0.25, 0.3) is 0 Å². The van der Waals surface area contributed by atoms with Crippen molar-refractivity contribution in [3.63, 3.8) is 0 Å². The lowest BCUT2D eigenvalue weighted by Gasteiger charge is -2.36. The lowest BCUT2D eigenvalue weighted by atomic mass is 10.2. The molecule has 0 saturated carbocycles. The van der Waals surface area contributed by atoms with Gasteiger partial charge in [0, 0.05) is 39.2 Å². The minimum Gasteiger partial charge on any atom is -0.381 e. The molecule has 5 heteroatoms. The quantitative estimate of drug-likeness (QED) is 0.667. The molecule has 0 spiro atoms. The van der Waals surface area contributed by atoms with Gasteiger partial charge in [0.2, 0.25) is 5.91 Å². The number of carbonyl (C=O) groups excluding carboxylic acids is 1. The summed E-state index contributed by atoms with van der Waals surface area (Å²) in [4.78, 5) is 16.2. The van der Waals surface area contributed by atoms with Crippen molar-refractivity contribution in [1.82, 2.24) is 4.90 Å². The Kier molecular flexibility index (Phi) is 7.22. The molecule has 4 nitrogen and oxygen atoms in total. The van der Waals surface area contributed by atoms with E-state index < -0.39 is 0 Å². The van der Waals surface area contributed by atoms with Crippen molar-refractivity contribution >= 4 is 11.6 Å². The summed E-state index contributed by atoms with van der Waals surface area (Å²) in [7, 11) is 0. The highest BCUT2D eigenvalue weighted by atomic mass is 19.1. The van der Waals surface area contributed by atoms with Gasteiger partial charge in [-0.1, -0.05) is 42.5 Å². The van der Waals surface area contributed by atoms with Crippen LogP contribution in [0.2, 0.25) is 0 Å². The van der Waals surface area contributed by atoms with Gasteiger partial charge in [0.1, 0.15) is 5.82 Å². The Labute approximate surface area is 160 Å². The van der Waals surface area contributed by atoms with Gasteiger partial charge < -0.3 is 14.5 Å². The maximum Gasteiger partial charge on any atom is 0.222 e. The molecule has 0 N–H and O–H groups in total. The van der Waals surface area contributed by atoms with Gasteiger partial charge in [-0.25, -0.2) is 4.39 Å². The Bertz CT molecular complexity index is 715. The molecule has 1 saturated heterocycles. The molecule has 1 heterocycles. The molecule has 144 valence electrons. The Morgan fingerprint density at radius 2 is 1.63 bits per heavy atom. The van der Waals surface area contributed by atoms with E-state index >= 15 is 0 Å². The lowest BCUT2D eigenvalue weighted by molar-refractivity contribution is -0.131. The van der Waals surface area contributed by atoms with Crippen LogP contribution in [-0.4, -0.2) is 50.2 Å². The molecular formula is C22H27FN2O2. The average molecular weight is 370 g/mol. The number of ether oxygens (including phenoxy) is 1. The predicted molar refractivity (Wildman–Crippen MR) is 105 cm³/mol. The maximum atomic E-state index is 13.9. The smallest absolute Gasteiger partial charge is 0.222 e. The third-order valence-electron chi connectivity index (χ3n) is 4.88. The summed E-state index contributed by atoms with van der Waals surface area (Å²) in [6.07, 6.45) is 2.14. The first-order chi connectivity index (χ1) is 13.2. The number of carbonyl (C=O) groups is 1. The van der Waals surface area contributed by atoms with Crippen LogP contribution < -0.4 is 4.90 Å². The van der Waals surface area contributed by atoms with E-state index in [9.17, 15) is 9.18 Å². The van der Waals surface area contributed by atoms with E-state index in [1.54, 1.807) is 12.1 Å². The van der Waals surface area contributed by atoms with Crippen molar-refractivity contribution in [1.29, 1.82) is 0 Å². The fourth-order valence-electron chi connectivity index (χ4n) is 3.33. The maximum absolute atomic E-state index is 13.9. The van der Waals surface area contributed by atoms with Crippen LogP contribution in [0, 0.1) is 5.82 Å². The minimum absolute atomic E-state index is 0.162. The van der Waals surface area contributed by atoms with Gasteiger partial charge in [-0.2, -0.15) is 0 Å². The predicted octanol–water partition coefficient (Wildman–Crippen LogP) is 3.51. The Morgan fingerprint density at radius 3 is 2.37 bits per heavy atom. The van der Waals surface area contributed by atoms with Crippen LogP contribution in [0.4, 0.5) is 10.1 Å². The van der Waals surface area contributed by atoms with E-state index in [4.69, 9.17) is 4.74 Å². The molecule has 0 radical (unpaired) electrons. The summed E-state index contributed by atoms with van der Waals surface area (Å²) in [5.74, 6) is -0.0419. The van der Waals surface area contributed by atoms with Gasteiger partial charge in [-0.3, -0.25) is 4.79 Å². The number of anilines is 1. The molecule has 3 rings (SSSR count). The molecule has 0 unspecified atom stereocenters. The molecular weight excluding hydrogens is 343 g/mol. The van der Waals surface area contributed by atoms with Gasteiger partial charge in [-0.15, -0.1) is 0 Å². The number of halogens is 1. The Balaban J connectivity index is 1.30. The highest BCUT2D eigenvalue weighted by molar-refractivity contribution is 5.76. The monoisotopic (exact) mass is 370 g/mol. The van der Waals surface area contributed by atoms with Gasteiger partial charge in [-0.05, 0) is 30.5 Å². The van der Waals surface area contributed by atoms with E-state index in [-0.39, 0.29) is 11.7 Å². The van der Waals surface area contributed by atoms with Gasteiger partial charge in [0.05, 0.1) is 12.3 Å². The van der Waals surface area contributed by atoms with E-state index in [2.05, 4.69) is 12.1 Å². The molecule has 1 fully saturated rings. The van der Waals surface area contributed by atoms with Crippen molar-refractivity contribution in [2.24, 2.45) is 0 Å². The first kappa shape index (κ1) is 19.4. The Morgan fingerprint density at radius 1 is 0.926 bits per heavy atom. The van der Waals surface area contributed by atoms with Crippen LogP contribution in [0.25, 0.3) is 0 Å². The van der Waals surface area contributed by atoms with Gasteiger partial charge >= 0.3 is 0 Å². The van der Waals surface area contributed by atoms with E-state index in [1.165, 1.54) is 11.6 Å². The summed E-state index contributed by atoms with van der Waals surface area (Å²) in [6, 6.07) is 17.0. The third-order valence-corrected chi connectivity index (χ3v) is 4.88. The minimum atomic E-state index is -0.204. The largest absolute Gasteiger partial charge is 0.381 e. The highest BCUT2D eigenvalue weighted by Crippen LogP contribution is 2.20. The number of hydrogen-bond donors (Lipinski definition) is 0. The fraction of sp³-hybridized carbons (Fsp3) is 0.409. The number of benzene rings is 2. The van der Waals surface area contributed by atoms with E-state index in [0.29, 0.717) is 51.5 Å². The van der Waals surface area contributed by atoms with Gasteiger partial charge in [0.15, 0.2) is 0 Å². The average Bonchev–Trinajstić information content (AvgIpc) is 2.72. The number of amides is 1. The number of rotatable bonds is 8. The zero-order chi connectivity index (χ0) is 18.9. The summed E-state index contributed by atoms with van der Waals surface area (Å²) in [5.41, 5.74) is 1.89. The highest BCUT2D eigenvalue weighted by Gasteiger charge is 2.22. The lowest BCUT2D eigenvalue weighted by Crippen LogP contribution is -2.49. The molecule has 0 atom stereocenters. The zero-order valence-electron chi connectivity index (χ0n) is 15.6. The topological polar surface area (TPSA) is 32.8 Å². The molecule has 0 aliphatic carbocycles. The first-order valence-electron chi connectivity index (χ1n) is 9.63. The number of nitrogens with zero attached hydrogens (tertiary/aromatic N) is 2. The standard InChI is InChI=1S/C22H27FN2O2/c23-20-9-4-5-10-21(20)24-13-15-25(16-14-24)22(26)11-6-17-27-18-12-19-7-2-1-3-8-19/h1-5,7-10H,6,11-18H2. The molecule has 2 aromatic carbocycles.